The highest BCUT2D eigenvalue weighted by Crippen LogP contribution is 2.36. The Kier molecular flexibility index (Phi) is 6.01. The summed E-state index contributed by atoms with van der Waals surface area (Å²) in [5.41, 5.74) is 8.22. The van der Waals surface area contributed by atoms with Gasteiger partial charge in [-0.05, 0) is 36.2 Å². The minimum Gasteiger partial charge on any atom is -0.382 e. The highest BCUT2D eigenvalue weighted by Gasteiger charge is 2.33. The van der Waals surface area contributed by atoms with E-state index < -0.39 is 11.7 Å². The lowest BCUT2D eigenvalue weighted by molar-refractivity contribution is -0.137. The third-order valence-electron chi connectivity index (χ3n) is 5.81. The zero-order valence-corrected chi connectivity index (χ0v) is 20.2. The summed E-state index contributed by atoms with van der Waals surface area (Å²) in [6, 6.07) is 9.26. The minimum atomic E-state index is -4.56. The van der Waals surface area contributed by atoms with Gasteiger partial charge in [-0.25, -0.2) is 9.97 Å². The Balaban J connectivity index is 1.52. The molecule has 0 fully saturated rings. The second-order valence-electron chi connectivity index (χ2n) is 8.14. The van der Waals surface area contributed by atoms with Gasteiger partial charge in [-0.3, -0.25) is 9.78 Å². The summed E-state index contributed by atoms with van der Waals surface area (Å²) in [6.45, 7) is 1.86. The van der Waals surface area contributed by atoms with Gasteiger partial charge in [0.2, 0.25) is 0 Å². The number of aryl methyl sites for hydroxylation is 1. The highest BCUT2D eigenvalue weighted by atomic mass is 35.5. The molecular formula is C25H17ClF3N5OS. The number of benzene rings is 2. The van der Waals surface area contributed by atoms with E-state index in [1.165, 1.54) is 23.7 Å². The fourth-order valence-corrected chi connectivity index (χ4v) is 5.16. The second kappa shape index (κ2) is 9.03. The van der Waals surface area contributed by atoms with Crippen molar-refractivity contribution < 1.29 is 18.0 Å². The Morgan fingerprint density at radius 3 is 2.69 bits per heavy atom. The number of anilines is 2. The van der Waals surface area contributed by atoms with E-state index in [2.05, 4.69) is 20.3 Å². The number of nitrogen functional groups attached to an aromatic ring is 1. The SMILES string of the molecule is Cc1ccc2c(Cc3ccc(Cl)c(C(F)(F)F)c3)nccc2c1NC(=O)c1csc2c(N)ncnc12. The number of carbonyl (C=O) groups is 1. The molecule has 2 aromatic carbocycles. The number of amides is 1. The Hall–Kier alpha value is -3.76. The van der Waals surface area contributed by atoms with Gasteiger partial charge in [-0.2, -0.15) is 13.2 Å². The van der Waals surface area contributed by atoms with E-state index in [4.69, 9.17) is 17.3 Å². The molecule has 0 atom stereocenters. The summed E-state index contributed by atoms with van der Waals surface area (Å²) in [7, 11) is 0. The summed E-state index contributed by atoms with van der Waals surface area (Å²) in [4.78, 5) is 25.8. The molecule has 0 aliphatic heterocycles. The molecule has 0 saturated heterocycles. The normalized spacial score (nSPS) is 11.8. The van der Waals surface area contributed by atoms with Crippen molar-refractivity contribution in [2.24, 2.45) is 0 Å². The predicted molar refractivity (Wildman–Crippen MR) is 136 cm³/mol. The molecule has 5 rings (SSSR count). The molecule has 11 heteroatoms. The quantitative estimate of drug-likeness (QED) is 0.273. The van der Waals surface area contributed by atoms with Crippen LogP contribution in [0.1, 0.15) is 32.7 Å². The van der Waals surface area contributed by atoms with Crippen LogP contribution in [0.25, 0.3) is 21.0 Å². The molecule has 6 nitrogen and oxygen atoms in total. The topological polar surface area (TPSA) is 93.8 Å². The van der Waals surface area contributed by atoms with Gasteiger partial charge in [-0.15, -0.1) is 11.3 Å². The smallest absolute Gasteiger partial charge is 0.382 e. The minimum absolute atomic E-state index is 0.152. The monoisotopic (exact) mass is 527 g/mol. The Morgan fingerprint density at radius 1 is 1.11 bits per heavy atom. The number of nitrogens with zero attached hydrogens (tertiary/aromatic N) is 3. The molecule has 182 valence electrons. The Labute approximate surface area is 212 Å². The molecule has 1 amide bonds. The molecule has 5 aromatic rings. The average Bonchev–Trinajstić information content (AvgIpc) is 3.27. The van der Waals surface area contributed by atoms with Gasteiger partial charge in [0, 0.05) is 28.8 Å². The molecule has 0 spiro atoms. The number of hydrogen-bond acceptors (Lipinski definition) is 6. The van der Waals surface area contributed by atoms with Crippen LogP contribution in [0.3, 0.4) is 0 Å². The molecule has 36 heavy (non-hydrogen) atoms. The second-order valence-corrected chi connectivity index (χ2v) is 9.43. The van der Waals surface area contributed by atoms with Crippen molar-refractivity contribution in [1.82, 2.24) is 15.0 Å². The lowest BCUT2D eigenvalue weighted by Crippen LogP contribution is -2.13. The molecule has 3 heterocycles. The predicted octanol–water partition coefficient (Wildman–Crippen LogP) is 6.65. The van der Waals surface area contributed by atoms with Gasteiger partial charge in [0.25, 0.3) is 5.91 Å². The molecule has 0 bridgehead atoms. The number of thiophene rings is 1. The molecule has 0 radical (unpaired) electrons. The van der Waals surface area contributed by atoms with Gasteiger partial charge in [0.1, 0.15) is 12.1 Å². The van der Waals surface area contributed by atoms with Crippen molar-refractivity contribution in [1.29, 1.82) is 0 Å². The summed E-state index contributed by atoms with van der Waals surface area (Å²) in [5, 5.41) is 5.72. The number of halogens is 4. The Morgan fingerprint density at radius 2 is 1.92 bits per heavy atom. The first-order chi connectivity index (χ1) is 17.1. The number of aromatic nitrogens is 3. The van der Waals surface area contributed by atoms with E-state index in [0.29, 0.717) is 49.3 Å². The van der Waals surface area contributed by atoms with Gasteiger partial charge in [0.05, 0.1) is 37.7 Å². The van der Waals surface area contributed by atoms with Crippen LogP contribution < -0.4 is 11.1 Å². The van der Waals surface area contributed by atoms with Crippen molar-refractivity contribution in [3.8, 4) is 0 Å². The van der Waals surface area contributed by atoms with Crippen LogP contribution in [-0.2, 0) is 12.6 Å². The number of nitrogens with two attached hydrogens (primary N) is 1. The van der Waals surface area contributed by atoms with Crippen LogP contribution >= 0.6 is 22.9 Å². The number of pyridine rings is 1. The van der Waals surface area contributed by atoms with Gasteiger partial charge >= 0.3 is 6.18 Å². The molecule has 0 aliphatic carbocycles. The summed E-state index contributed by atoms with van der Waals surface area (Å²) < 4.78 is 40.6. The van der Waals surface area contributed by atoms with Crippen molar-refractivity contribution in [3.05, 3.63) is 87.3 Å². The van der Waals surface area contributed by atoms with E-state index in [-0.39, 0.29) is 17.4 Å². The fraction of sp³-hybridized carbons (Fsp3) is 0.120. The number of fused-ring (bicyclic) bond motifs is 2. The van der Waals surface area contributed by atoms with Crippen LogP contribution in [0.4, 0.5) is 24.7 Å². The summed E-state index contributed by atoms with van der Waals surface area (Å²) >= 11 is 7.05. The zero-order valence-electron chi connectivity index (χ0n) is 18.7. The van der Waals surface area contributed by atoms with E-state index in [1.54, 1.807) is 23.7 Å². The van der Waals surface area contributed by atoms with Gasteiger partial charge in [-0.1, -0.05) is 29.8 Å². The standard InChI is InChI=1S/C25H17ClF3N5OS/c1-12-2-4-14-15(20(12)34-24(35)16-10-36-22-21(16)32-11-33-23(22)30)6-7-31-19(14)9-13-3-5-18(26)17(8-13)25(27,28)29/h2-8,10-11H,9H2,1H3,(H,34,35)(H2,30,32,33). The van der Waals surface area contributed by atoms with Crippen molar-refractivity contribution in [2.45, 2.75) is 19.5 Å². The average molecular weight is 528 g/mol. The summed E-state index contributed by atoms with van der Waals surface area (Å²) in [5.74, 6) is -0.0576. The lowest BCUT2D eigenvalue weighted by atomic mass is 9.99. The van der Waals surface area contributed by atoms with Crippen LogP contribution in [-0.4, -0.2) is 20.9 Å². The van der Waals surface area contributed by atoms with Gasteiger partial charge < -0.3 is 11.1 Å². The molecule has 0 aliphatic rings. The molecule has 3 N–H and O–H groups in total. The van der Waals surface area contributed by atoms with E-state index in [9.17, 15) is 18.0 Å². The lowest BCUT2D eigenvalue weighted by Gasteiger charge is -2.15. The van der Waals surface area contributed by atoms with E-state index >= 15 is 0 Å². The Bertz CT molecular complexity index is 1650. The number of alkyl halides is 3. The van der Waals surface area contributed by atoms with Crippen LogP contribution in [0.15, 0.2) is 54.3 Å². The van der Waals surface area contributed by atoms with Crippen molar-refractivity contribution in [3.63, 3.8) is 0 Å². The first-order valence-corrected chi connectivity index (χ1v) is 11.9. The third-order valence-corrected chi connectivity index (χ3v) is 7.13. The fourth-order valence-electron chi connectivity index (χ4n) is 4.04. The van der Waals surface area contributed by atoms with Crippen LogP contribution in [0.2, 0.25) is 5.02 Å². The van der Waals surface area contributed by atoms with Crippen LogP contribution in [0.5, 0.6) is 0 Å². The zero-order chi connectivity index (χ0) is 25.6. The number of nitrogens with one attached hydrogen (secondary N) is 1. The third kappa shape index (κ3) is 4.33. The number of rotatable bonds is 4. The van der Waals surface area contributed by atoms with Crippen LogP contribution in [0, 0.1) is 6.92 Å². The highest BCUT2D eigenvalue weighted by molar-refractivity contribution is 7.18. The molecule has 0 saturated carbocycles. The van der Waals surface area contributed by atoms with Crippen molar-refractivity contribution in [2.75, 3.05) is 11.1 Å². The van der Waals surface area contributed by atoms with E-state index in [1.807, 2.05) is 19.1 Å². The van der Waals surface area contributed by atoms with Gasteiger partial charge in [0.15, 0.2) is 0 Å². The maximum atomic E-state index is 13.3. The first-order valence-electron chi connectivity index (χ1n) is 10.7. The molecule has 0 unspecified atom stereocenters. The summed E-state index contributed by atoms with van der Waals surface area (Å²) in [6.07, 6.45) is -1.53. The number of hydrogen-bond donors (Lipinski definition) is 2. The molecular weight excluding hydrogens is 511 g/mol. The maximum absolute atomic E-state index is 13.3. The largest absolute Gasteiger partial charge is 0.417 e. The molecule has 3 aromatic heterocycles. The maximum Gasteiger partial charge on any atom is 0.417 e. The van der Waals surface area contributed by atoms with E-state index in [0.717, 1.165) is 11.6 Å². The number of carbonyl (C=O) groups excluding carboxylic acids is 1. The van der Waals surface area contributed by atoms with Crippen molar-refractivity contribution >= 4 is 61.3 Å². The first kappa shape index (κ1) is 24.0.